The Morgan fingerprint density at radius 2 is 2.28 bits per heavy atom. The Hall–Kier alpha value is -2.43. The predicted molar refractivity (Wildman–Crippen MR) is 62.8 cm³/mol. The highest BCUT2D eigenvalue weighted by molar-refractivity contribution is 6.06. The number of halogens is 1. The molecule has 0 aliphatic carbocycles. The van der Waals surface area contributed by atoms with Gasteiger partial charge in [-0.05, 0) is 12.1 Å². The minimum Gasteiger partial charge on any atom is -0.449 e. The fourth-order valence-electron chi connectivity index (χ4n) is 1.83. The van der Waals surface area contributed by atoms with Crippen molar-refractivity contribution >= 4 is 16.8 Å². The summed E-state index contributed by atoms with van der Waals surface area (Å²) in [5, 5.41) is 0.563. The summed E-state index contributed by atoms with van der Waals surface area (Å²) in [4.78, 5) is 16.1. The molecular formula is C13H9FN2O2. The molecule has 0 radical (unpaired) electrons. The molecule has 0 N–H and O–H groups in total. The topological polar surface area (TPSA) is 48.0 Å². The van der Waals surface area contributed by atoms with Crippen molar-refractivity contribution in [1.82, 2.24) is 9.55 Å². The first-order valence-corrected chi connectivity index (χ1v) is 5.37. The average molecular weight is 244 g/mol. The lowest BCUT2D eigenvalue weighted by atomic mass is 10.2. The summed E-state index contributed by atoms with van der Waals surface area (Å²) in [5.74, 6) is -0.497. The molecule has 3 aromatic rings. The van der Waals surface area contributed by atoms with Gasteiger partial charge in [0.2, 0.25) is 0 Å². The Morgan fingerprint density at radius 3 is 2.94 bits per heavy atom. The van der Waals surface area contributed by atoms with Crippen LogP contribution in [-0.4, -0.2) is 15.3 Å². The molecule has 2 aromatic heterocycles. The molecule has 0 fully saturated rings. The van der Waals surface area contributed by atoms with E-state index in [-0.39, 0.29) is 23.0 Å². The van der Waals surface area contributed by atoms with Crippen LogP contribution in [0.25, 0.3) is 11.0 Å². The number of hydrogen-bond donors (Lipinski definition) is 0. The molecule has 2 heterocycles. The van der Waals surface area contributed by atoms with Crippen LogP contribution in [0.3, 0.4) is 0 Å². The number of furan rings is 1. The second-order valence-corrected chi connectivity index (χ2v) is 3.96. The molecule has 90 valence electrons. The van der Waals surface area contributed by atoms with Crippen molar-refractivity contribution in [2.75, 3.05) is 0 Å². The van der Waals surface area contributed by atoms with Crippen molar-refractivity contribution in [2.45, 2.75) is 0 Å². The van der Waals surface area contributed by atoms with Crippen molar-refractivity contribution in [3.8, 4) is 0 Å². The number of carbonyl (C=O) groups is 1. The van der Waals surface area contributed by atoms with Gasteiger partial charge < -0.3 is 8.98 Å². The van der Waals surface area contributed by atoms with Crippen LogP contribution in [0.1, 0.15) is 16.4 Å². The van der Waals surface area contributed by atoms with Crippen LogP contribution in [-0.2, 0) is 7.05 Å². The molecule has 0 unspecified atom stereocenters. The van der Waals surface area contributed by atoms with Crippen LogP contribution in [0.5, 0.6) is 0 Å². The highest BCUT2D eigenvalue weighted by Gasteiger charge is 2.19. The highest BCUT2D eigenvalue weighted by atomic mass is 19.1. The number of aryl methyl sites for hydroxylation is 1. The molecule has 3 rings (SSSR count). The normalized spacial score (nSPS) is 11.0. The monoisotopic (exact) mass is 244 g/mol. The number of aromatic nitrogens is 2. The first-order valence-electron chi connectivity index (χ1n) is 5.37. The van der Waals surface area contributed by atoms with E-state index in [0.717, 1.165) is 0 Å². The Kier molecular flexibility index (Phi) is 2.26. The molecule has 18 heavy (non-hydrogen) atoms. The van der Waals surface area contributed by atoms with Gasteiger partial charge in [-0.25, -0.2) is 9.37 Å². The van der Waals surface area contributed by atoms with E-state index in [1.165, 1.54) is 18.3 Å². The van der Waals surface area contributed by atoms with Crippen molar-refractivity contribution in [2.24, 2.45) is 7.05 Å². The molecule has 0 spiro atoms. The third-order valence-electron chi connectivity index (χ3n) is 2.74. The van der Waals surface area contributed by atoms with Crippen molar-refractivity contribution in [3.63, 3.8) is 0 Å². The van der Waals surface area contributed by atoms with Gasteiger partial charge in [-0.1, -0.05) is 12.1 Å². The first-order chi connectivity index (χ1) is 8.66. The van der Waals surface area contributed by atoms with E-state index < -0.39 is 5.82 Å². The Morgan fingerprint density at radius 1 is 1.44 bits per heavy atom. The summed E-state index contributed by atoms with van der Waals surface area (Å²) in [5.41, 5.74) is 0.0926. The molecule has 0 saturated carbocycles. The second-order valence-electron chi connectivity index (χ2n) is 3.96. The van der Waals surface area contributed by atoms with Gasteiger partial charge in [-0.15, -0.1) is 0 Å². The third-order valence-corrected chi connectivity index (χ3v) is 2.74. The van der Waals surface area contributed by atoms with Gasteiger partial charge >= 0.3 is 0 Å². The van der Waals surface area contributed by atoms with Gasteiger partial charge in [-0.3, -0.25) is 4.79 Å². The predicted octanol–water partition coefficient (Wildman–Crippen LogP) is 2.54. The minimum absolute atomic E-state index is 0.0874. The van der Waals surface area contributed by atoms with Crippen LogP contribution in [0.15, 0.2) is 41.1 Å². The van der Waals surface area contributed by atoms with Crippen molar-refractivity contribution in [1.29, 1.82) is 0 Å². The quantitative estimate of drug-likeness (QED) is 0.651. The number of nitrogens with zero attached hydrogens (tertiary/aromatic N) is 2. The Balaban J connectivity index is 2.13. The van der Waals surface area contributed by atoms with E-state index in [1.807, 2.05) is 0 Å². The molecule has 0 amide bonds. The molecule has 0 aliphatic heterocycles. The maximum absolute atomic E-state index is 13.5. The van der Waals surface area contributed by atoms with E-state index in [2.05, 4.69) is 4.98 Å². The summed E-state index contributed by atoms with van der Waals surface area (Å²) >= 11 is 0. The zero-order valence-electron chi connectivity index (χ0n) is 9.55. The third kappa shape index (κ3) is 1.52. The average Bonchev–Trinajstić information content (AvgIpc) is 2.95. The first kappa shape index (κ1) is 10.7. The summed E-state index contributed by atoms with van der Waals surface area (Å²) in [6.45, 7) is 0. The Bertz CT molecular complexity index is 742. The number of benzene rings is 1. The standard InChI is InChI=1S/C13H9FN2O2/c1-16-6-5-15-13(16)11(17)10-7-8-3-2-4-9(14)12(8)18-10/h2-7H,1H3. The number of imidazole rings is 1. The lowest BCUT2D eigenvalue weighted by Crippen LogP contribution is -2.07. The number of para-hydroxylation sites is 1. The van der Waals surface area contributed by atoms with E-state index in [9.17, 15) is 9.18 Å². The molecular weight excluding hydrogens is 235 g/mol. The van der Waals surface area contributed by atoms with E-state index in [0.29, 0.717) is 5.39 Å². The summed E-state index contributed by atoms with van der Waals surface area (Å²) in [6.07, 6.45) is 3.19. The van der Waals surface area contributed by atoms with Crippen LogP contribution in [0.4, 0.5) is 4.39 Å². The molecule has 0 aliphatic rings. The van der Waals surface area contributed by atoms with E-state index in [4.69, 9.17) is 4.42 Å². The smallest absolute Gasteiger partial charge is 0.263 e. The molecule has 0 atom stereocenters. The fraction of sp³-hybridized carbons (Fsp3) is 0.0769. The summed E-state index contributed by atoms with van der Waals surface area (Å²) in [7, 11) is 1.71. The van der Waals surface area contributed by atoms with Crippen molar-refractivity contribution in [3.05, 3.63) is 54.1 Å². The minimum atomic E-state index is -0.480. The largest absolute Gasteiger partial charge is 0.449 e. The van der Waals surface area contributed by atoms with E-state index >= 15 is 0 Å². The maximum Gasteiger partial charge on any atom is 0.263 e. The second kappa shape index (κ2) is 3.80. The molecule has 0 saturated heterocycles. The maximum atomic E-state index is 13.5. The van der Waals surface area contributed by atoms with Gasteiger partial charge in [0.05, 0.1) is 0 Å². The number of ketones is 1. The van der Waals surface area contributed by atoms with Crippen LogP contribution in [0, 0.1) is 5.82 Å². The van der Waals surface area contributed by atoms with Crippen LogP contribution >= 0.6 is 0 Å². The summed E-state index contributed by atoms with van der Waals surface area (Å²) in [6, 6.07) is 6.08. The molecule has 0 bridgehead atoms. The fourth-order valence-corrected chi connectivity index (χ4v) is 1.83. The van der Waals surface area contributed by atoms with Gasteiger partial charge in [0, 0.05) is 24.8 Å². The SMILES string of the molecule is Cn1ccnc1C(=O)c1cc2cccc(F)c2o1. The van der Waals surface area contributed by atoms with Gasteiger partial charge in [0.15, 0.2) is 23.0 Å². The summed E-state index contributed by atoms with van der Waals surface area (Å²) < 4.78 is 20.3. The van der Waals surface area contributed by atoms with E-state index in [1.54, 1.807) is 29.9 Å². The molecule has 1 aromatic carbocycles. The van der Waals surface area contributed by atoms with Crippen LogP contribution < -0.4 is 0 Å². The zero-order valence-corrected chi connectivity index (χ0v) is 9.55. The number of fused-ring (bicyclic) bond motifs is 1. The number of hydrogen-bond acceptors (Lipinski definition) is 3. The molecule has 5 heteroatoms. The number of carbonyl (C=O) groups excluding carboxylic acids is 1. The highest BCUT2D eigenvalue weighted by Crippen LogP contribution is 2.23. The van der Waals surface area contributed by atoms with Gasteiger partial charge in [0.1, 0.15) is 0 Å². The Labute approximate surface area is 102 Å². The van der Waals surface area contributed by atoms with Gasteiger partial charge in [0.25, 0.3) is 5.78 Å². The lowest BCUT2D eigenvalue weighted by molar-refractivity contribution is 0.0998. The molecule has 4 nitrogen and oxygen atoms in total. The van der Waals surface area contributed by atoms with Crippen molar-refractivity contribution < 1.29 is 13.6 Å². The van der Waals surface area contributed by atoms with Crippen LogP contribution in [0.2, 0.25) is 0 Å². The van der Waals surface area contributed by atoms with Gasteiger partial charge in [-0.2, -0.15) is 0 Å². The number of rotatable bonds is 2. The lowest BCUT2D eigenvalue weighted by Gasteiger charge is -1.96. The zero-order chi connectivity index (χ0) is 12.7.